The molecule has 2 aromatic carbocycles. The maximum atomic E-state index is 12.7. The lowest BCUT2D eigenvalue weighted by Gasteiger charge is -2.30. The van der Waals surface area contributed by atoms with Crippen molar-refractivity contribution in [2.45, 2.75) is 50.9 Å². The maximum Gasteiger partial charge on any atom is 0.481 e. The highest BCUT2D eigenvalue weighted by molar-refractivity contribution is 8.14. The van der Waals surface area contributed by atoms with Gasteiger partial charge in [0.25, 0.3) is 0 Å². The van der Waals surface area contributed by atoms with Crippen molar-refractivity contribution < 1.29 is 90.7 Å². The fourth-order valence-electron chi connectivity index (χ4n) is 5.85. The van der Waals surface area contributed by atoms with Crippen molar-refractivity contribution in [3.8, 4) is 11.5 Å². The van der Waals surface area contributed by atoms with Gasteiger partial charge in [-0.25, -0.2) is 28.6 Å². The number of thioether (sulfide) groups is 1. The fraction of sp³-hybridized carbons (Fsp3) is 0.438. The van der Waals surface area contributed by atoms with Crippen molar-refractivity contribution in [1.82, 2.24) is 30.2 Å². The predicted octanol–water partition coefficient (Wildman–Crippen LogP) is 0.543. The van der Waals surface area contributed by atoms with Crippen LogP contribution in [0.5, 0.6) is 11.5 Å². The lowest BCUT2D eigenvalue weighted by molar-refractivity contribution is -0.137. The number of nitrogens with two attached hydrogens (primary N) is 1. The number of phosphoric ester groups is 3. The third-order valence-corrected chi connectivity index (χ3v) is 12.9. The number of rotatable bonds is 20. The lowest BCUT2D eigenvalue weighted by Crippen LogP contribution is -2.46. The third-order valence-electron chi connectivity index (χ3n) is 8.95. The highest BCUT2D eigenvalue weighted by Gasteiger charge is 2.50. The molecule has 0 saturated carbocycles. The van der Waals surface area contributed by atoms with Gasteiger partial charge >= 0.3 is 23.5 Å². The number of nitrogens with one attached hydrogen (secondary N) is 2. The number of aromatic hydroxyl groups is 2. The molecule has 0 bridgehead atoms. The van der Waals surface area contributed by atoms with Crippen molar-refractivity contribution in [2.24, 2.45) is 5.41 Å². The van der Waals surface area contributed by atoms with Crippen LogP contribution < -0.4 is 16.4 Å². The van der Waals surface area contributed by atoms with Gasteiger partial charge in [0.2, 0.25) is 16.9 Å². The molecule has 2 amide bonds. The van der Waals surface area contributed by atoms with Crippen molar-refractivity contribution in [3.63, 3.8) is 0 Å². The third kappa shape index (κ3) is 12.3. The topological polar surface area (TPSA) is 404 Å². The zero-order valence-electron chi connectivity index (χ0n) is 32.4. The van der Waals surface area contributed by atoms with Gasteiger partial charge in [0.1, 0.15) is 47.8 Å². The molecule has 3 heterocycles. The maximum absolute atomic E-state index is 12.7. The molecule has 4 aromatic rings. The number of benzene rings is 2. The Kier molecular flexibility index (Phi) is 15.5. The van der Waals surface area contributed by atoms with Crippen LogP contribution in [0.3, 0.4) is 0 Å². The van der Waals surface area contributed by atoms with E-state index >= 15 is 0 Å². The summed E-state index contributed by atoms with van der Waals surface area (Å²) >= 11 is 0.784. The van der Waals surface area contributed by atoms with E-state index in [9.17, 15) is 68.1 Å². The summed E-state index contributed by atoms with van der Waals surface area (Å²) in [6, 6.07) is 7.58. The van der Waals surface area contributed by atoms with Crippen LogP contribution in [0.4, 0.5) is 5.82 Å². The second kappa shape index (κ2) is 19.7. The van der Waals surface area contributed by atoms with Gasteiger partial charge in [0.05, 0.1) is 25.1 Å². The van der Waals surface area contributed by atoms with Crippen molar-refractivity contribution in [1.29, 1.82) is 0 Å². The molecule has 1 aliphatic rings. The van der Waals surface area contributed by atoms with Crippen LogP contribution in [-0.4, -0.2) is 133 Å². The quantitative estimate of drug-likeness (QED) is 0.0327. The minimum absolute atomic E-state index is 0.0180. The summed E-state index contributed by atoms with van der Waals surface area (Å²) < 4.78 is 62.2. The average molecular weight is 954 g/mol. The largest absolute Gasteiger partial charge is 0.507 e. The molecule has 30 heteroatoms. The molecule has 26 nitrogen and oxygen atoms in total. The van der Waals surface area contributed by atoms with E-state index in [4.69, 9.17) is 19.5 Å². The van der Waals surface area contributed by atoms with E-state index < -0.39 is 89.7 Å². The van der Waals surface area contributed by atoms with E-state index in [1.165, 1.54) is 13.8 Å². The number of hydrogen-bond acceptors (Lipinski definition) is 20. The number of nitrogens with zero attached hydrogens (tertiary/aromatic N) is 4. The number of nitrogen functional groups attached to an aromatic ring is 1. The number of anilines is 1. The van der Waals surface area contributed by atoms with Gasteiger partial charge in [0.15, 0.2) is 17.7 Å². The Morgan fingerprint density at radius 3 is 2.37 bits per heavy atom. The van der Waals surface area contributed by atoms with E-state index in [2.05, 4.69) is 34.4 Å². The number of phosphoric acid groups is 3. The molecule has 7 atom stereocenters. The summed E-state index contributed by atoms with van der Waals surface area (Å²) in [5, 5.41) is 47.2. The van der Waals surface area contributed by atoms with Gasteiger partial charge < -0.3 is 61.1 Å². The van der Waals surface area contributed by atoms with Gasteiger partial charge in [-0.1, -0.05) is 49.9 Å². The first kappa shape index (κ1) is 48.9. The number of hydrogen-bond donors (Lipinski definition) is 11. The molecule has 0 aliphatic carbocycles. The number of ether oxygens (including phenoxy) is 1. The summed E-state index contributed by atoms with van der Waals surface area (Å²) in [5.74, 6) is -2.01. The first-order valence-corrected chi connectivity index (χ1v) is 23.4. The van der Waals surface area contributed by atoms with Gasteiger partial charge in [-0.3, -0.25) is 32.5 Å². The molecular formula is C32H42N7O19P3S. The summed E-state index contributed by atoms with van der Waals surface area (Å²) in [7, 11) is -16.5. The number of phenols is 2. The molecular weight excluding hydrogens is 911 g/mol. The first-order chi connectivity index (χ1) is 28.9. The minimum Gasteiger partial charge on any atom is -0.507 e. The first-order valence-electron chi connectivity index (χ1n) is 17.9. The molecule has 1 aliphatic heterocycles. The highest BCUT2D eigenvalue weighted by Crippen LogP contribution is 2.61. The van der Waals surface area contributed by atoms with Crippen molar-refractivity contribution in [2.75, 3.05) is 37.8 Å². The van der Waals surface area contributed by atoms with Crippen molar-refractivity contribution in [3.05, 3.63) is 48.5 Å². The molecule has 0 spiro atoms. The second-order valence-electron chi connectivity index (χ2n) is 14.0. The average Bonchev–Trinajstić information content (AvgIpc) is 3.75. The van der Waals surface area contributed by atoms with Crippen LogP contribution in [0.25, 0.3) is 21.9 Å². The number of fused-ring (bicyclic) bond motifs is 2. The van der Waals surface area contributed by atoms with Crippen LogP contribution in [0.15, 0.2) is 43.0 Å². The van der Waals surface area contributed by atoms with Crippen LogP contribution >= 0.6 is 35.2 Å². The van der Waals surface area contributed by atoms with Gasteiger partial charge in [0, 0.05) is 41.5 Å². The number of amides is 2. The molecule has 62 heavy (non-hydrogen) atoms. The molecule has 1 fully saturated rings. The van der Waals surface area contributed by atoms with Crippen molar-refractivity contribution >= 4 is 79.9 Å². The van der Waals surface area contributed by atoms with Crippen LogP contribution in [0.2, 0.25) is 0 Å². The Labute approximate surface area is 354 Å². The smallest absolute Gasteiger partial charge is 0.481 e. The zero-order valence-corrected chi connectivity index (χ0v) is 35.9. The number of aliphatic hydroxyl groups excluding tert-OH is 2. The number of imidazole rings is 1. The highest BCUT2D eigenvalue weighted by atomic mass is 32.2. The summed E-state index contributed by atoms with van der Waals surface area (Å²) in [6.07, 6.45) is -7.15. The minimum atomic E-state index is -5.60. The molecule has 12 N–H and O–H groups in total. The zero-order chi connectivity index (χ0) is 45.8. The second-order valence-corrected chi connectivity index (χ2v) is 19.3. The van der Waals surface area contributed by atoms with E-state index in [0.717, 1.165) is 35.0 Å². The Hall–Kier alpha value is -4.14. The van der Waals surface area contributed by atoms with E-state index in [1.54, 1.807) is 24.3 Å². The molecule has 3 unspecified atom stereocenters. The van der Waals surface area contributed by atoms with E-state index in [0.29, 0.717) is 10.8 Å². The molecule has 0 radical (unpaired) electrons. The molecule has 340 valence electrons. The Bertz CT molecular complexity index is 2450. The number of phenolic OH excluding ortho intramolecular Hbond substituents is 2. The monoisotopic (exact) mass is 953 g/mol. The number of aliphatic hydroxyl groups is 2. The van der Waals surface area contributed by atoms with Crippen LogP contribution in [0.1, 0.15) is 36.9 Å². The molecule has 2 aromatic heterocycles. The summed E-state index contributed by atoms with van der Waals surface area (Å²) in [5.41, 5.74) is 4.09. The Balaban J connectivity index is 1.05. The van der Waals surface area contributed by atoms with E-state index in [-0.39, 0.29) is 59.3 Å². The number of carbonyl (C=O) groups is 3. The lowest BCUT2D eigenvalue weighted by atomic mass is 9.87. The standard InChI is InChI=1S/C32H42N7O19P3S/c1-32(2,26(44)29(45)35-8-7-21(41)34-9-10-62-31(46)18-11-19(40)16-5-3-4-6-17(16)23(18)42)13-55-61(52,53)58-60(50,51)54-12-20-25(57-59(47,48)49)24(43)30(56-20)39-15-38-22-27(33)36-14-37-28(22)39/h3-6,11,14-15,20,24-26,30,40,42-44H,7-10,12-13H2,1-2H3,(H,34,41)(H,35,45)(H,50,51)(H,52,53)(H2,33,36,37)(H2,47,48,49)/t20-,24-,25-,26?,30-/m1/s1. The number of aromatic nitrogens is 4. The Morgan fingerprint density at radius 2 is 1.68 bits per heavy atom. The SMILES string of the molecule is CC(C)(COP(=O)(O)OP(=O)(O)OC[C@H]1O[C@@H](n2cnc3c(N)ncnc32)[C@H](O)[C@@H]1OP(=O)(O)O)C(O)C(=O)NCCC(=O)NCCSC(=O)c1cc(O)c2ccccc2c1O. The molecule has 5 rings (SSSR count). The van der Waals surface area contributed by atoms with Crippen LogP contribution in [0, 0.1) is 5.41 Å². The summed E-state index contributed by atoms with van der Waals surface area (Å²) in [6.45, 7) is 0.119. The van der Waals surface area contributed by atoms with Crippen LogP contribution in [-0.2, 0) is 45.9 Å². The van der Waals surface area contributed by atoms with Gasteiger partial charge in [-0.05, 0) is 6.07 Å². The predicted molar refractivity (Wildman–Crippen MR) is 214 cm³/mol. The Morgan fingerprint density at radius 1 is 1.00 bits per heavy atom. The normalized spacial score (nSPS) is 20.7. The van der Waals surface area contributed by atoms with Gasteiger partial charge in [-0.15, -0.1) is 0 Å². The molecule has 1 saturated heterocycles. The van der Waals surface area contributed by atoms with Gasteiger partial charge in [-0.2, -0.15) is 4.31 Å². The number of carbonyl (C=O) groups excluding carboxylic acids is 3. The van der Waals surface area contributed by atoms with E-state index in [1.807, 2.05) is 0 Å². The fourth-order valence-corrected chi connectivity index (χ4v) is 9.38. The summed E-state index contributed by atoms with van der Waals surface area (Å²) in [4.78, 5) is 88.6.